The van der Waals surface area contributed by atoms with E-state index in [1.54, 1.807) is 12.1 Å². The summed E-state index contributed by atoms with van der Waals surface area (Å²) in [6.07, 6.45) is 0. The standard InChI is InChI=1S/C16H10F3N3O2S/c17-11-5-1-9(2-6-11)13(23)20-16-22-21-14(25-16)10-3-7-12(8-4-10)24-15(18)19/h1-8,15H,(H,20,22,23). The number of carbonyl (C=O) groups excluding carboxylic acids is 1. The molecule has 1 aromatic heterocycles. The third-order valence-corrected chi connectivity index (χ3v) is 3.97. The Morgan fingerprint density at radius 2 is 1.72 bits per heavy atom. The topological polar surface area (TPSA) is 64.1 Å². The lowest BCUT2D eigenvalue weighted by Crippen LogP contribution is -2.11. The van der Waals surface area contributed by atoms with E-state index in [0.29, 0.717) is 10.6 Å². The summed E-state index contributed by atoms with van der Waals surface area (Å²) in [5, 5.41) is 11.1. The first-order chi connectivity index (χ1) is 12.0. The van der Waals surface area contributed by atoms with Crippen molar-refractivity contribution in [1.82, 2.24) is 10.2 Å². The summed E-state index contributed by atoms with van der Waals surface area (Å²) in [6.45, 7) is -2.89. The Kier molecular flexibility index (Phi) is 4.94. The van der Waals surface area contributed by atoms with E-state index in [2.05, 4.69) is 20.3 Å². The van der Waals surface area contributed by atoms with Gasteiger partial charge in [-0.3, -0.25) is 10.1 Å². The van der Waals surface area contributed by atoms with Gasteiger partial charge in [0.05, 0.1) is 0 Å². The van der Waals surface area contributed by atoms with E-state index in [-0.39, 0.29) is 16.4 Å². The second-order valence-corrected chi connectivity index (χ2v) is 5.75. The van der Waals surface area contributed by atoms with Crippen LogP contribution in [0.5, 0.6) is 5.75 Å². The van der Waals surface area contributed by atoms with Crippen molar-refractivity contribution in [3.63, 3.8) is 0 Å². The average molecular weight is 365 g/mol. The summed E-state index contributed by atoms with van der Waals surface area (Å²) in [7, 11) is 0. The van der Waals surface area contributed by atoms with Crippen LogP contribution in [0.1, 0.15) is 10.4 Å². The fourth-order valence-electron chi connectivity index (χ4n) is 1.94. The number of halogens is 3. The van der Waals surface area contributed by atoms with Gasteiger partial charge in [0.1, 0.15) is 16.6 Å². The van der Waals surface area contributed by atoms with E-state index < -0.39 is 18.3 Å². The highest BCUT2D eigenvalue weighted by Crippen LogP contribution is 2.28. The fraction of sp³-hybridized carbons (Fsp3) is 0.0625. The lowest BCUT2D eigenvalue weighted by molar-refractivity contribution is -0.0498. The molecule has 1 amide bonds. The number of aromatic nitrogens is 2. The molecular formula is C16H10F3N3O2S. The molecule has 0 atom stereocenters. The number of carbonyl (C=O) groups is 1. The Morgan fingerprint density at radius 1 is 1.04 bits per heavy atom. The van der Waals surface area contributed by atoms with Crippen LogP contribution in [-0.2, 0) is 0 Å². The van der Waals surface area contributed by atoms with Crippen molar-refractivity contribution >= 4 is 22.4 Å². The van der Waals surface area contributed by atoms with Gasteiger partial charge in [-0.25, -0.2) is 4.39 Å². The Labute approximate surface area is 144 Å². The predicted octanol–water partition coefficient (Wildman–Crippen LogP) is 4.20. The SMILES string of the molecule is O=C(Nc1nnc(-c2ccc(OC(F)F)cc2)s1)c1ccc(F)cc1. The minimum Gasteiger partial charge on any atom is -0.435 e. The molecule has 0 fully saturated rings. The molecule has 0 saturated heterocycles. The summed E-state index contributed by atoms with van der Waals surface area (Å²) < 4.78 is 41.4. The van der Waals surface area contributed by atoms with Gasteiger partial charge in [-0.2, -0.15) is 8.78 Å². The van der Waals surface area contributed by atoms with Gasteiger partial charge in [-0.1, -0.05) is 11.3 Å². The number of rotatable bonds is 5. The van der Waals surface area contributed by atoms with Gasteiger partial charge >= 0.3 is 6.61 Å². The number of anilines is 1. The van der Waals surface area contributed by atoms with Gasteiger partial charge in [-0.15, -0.1) is 10.2 Å². The number of amides is 1. The van der Waals surface area contributed by atoms with Crippen molar-refractivity contribution in [2.75, 3.05) is 5.32 Å². The number of hydrogen-bond donors (Lipinski definition) is 1. The van der Waals surface area contributed by atoms with E-state index in [1.807, 2.05) is 0 Å². The molecule has 9 heteroatoms. The fourth-order valence-corrected chi connectivity index (χ4v) is 2.68. The van der Waals surface area contributed by atoms with Crippen LogP contribution in [0.3, 0.4) is 0 Å². The highest BCUT2D eigenvalue weighted by molar-refractivity contribution is 7.18. The maximum Gasteiger partial charge on any atom is 0.387 e. The molecule has 25 heavy (non-hydrogen) atoms. The van der Waals surface area contributed by atoms with Gasteiger partial charge in [0.15, 0.2) is 0 Å². The Hall–Kier alpha value is -2.94. The lowest BCUT2D eigenvalue weighted by atomic mass is 10.2. The first-order valence-corrected chi connectivity index (χ1v) is 7.78. The van der Waals surface area contributed by atoms with Crippen LogP contribution in [0.2, 0.25) is 0 Å². The molecule has 0 radical (unpaired) electrons. The quantitative estimate of drug-likeness (QED) is 0.736. The Morgan fingerprint density at radius 3 is 2.36 bits per heavy atom. The summed E-state index contributed by atoms with van der Waals surface area (Å²) in [6, 6.07) is 11.0. The van der Waals surface area contributed by atoms with Gasteiger partial charge in [-0.05, 0) is 48.5 Å². The molecule has 0 aliphatic carbocycles. The molecule has 0 unspecified atom stereocenters. The molecule has 1 N–H and O–H groups in total. The average Bonchev–Trinajstić information content (AvgIpc) is 3.04. The van der Waals surface area contributed by atoms with E-state index in [9.17, 15) is 18.0 Å². The Bertz CT molecular complexity index is 867. The lowest BCUT2D eigenvalue weighted by Gasteiger charge is -2.04. The first-order valence-electron chi connectivity index (χ1n) is 6.97. The molecule has 0 saturated carbocycles. The molecular weight excluding hydrogens is 355 g/mol. The van der Waals surface area contributed by atoms with Crippen LogP contribution in [0.15, 0.2) is 48.5 Å². The molecule has 0 aliphatic heterocycles. The van der Waals surface area contributed by atoms with E-state index in [0.717, 1.165) is 11.3 Å². The van der Waals surface area contributed by atoms with Crippen LogP contribution in [-0.4, -0.2) is 22.7 Å². The number of nitrogens with one attached hydrogen (secondary N) is 1. The molecule has 3 rings (SSSR count). The predicted molar refractivity (Wildman–Crippen MR) is 86.3 cm³/mol. The molecule has 0 bridgehead atoms. The first kappa shape index (κ1) is 16.9. The maximum atomic E-state index is 12.9. The van der Waals surface area contributed by atoms with Gasteiger partial charge < -0.3 is 4.74 Å². The maximum absolute atomic E-state index is 12.9. The molecule has 3 aromatic rings. The smallest absolute Gasteiger partial charge is 0.387 e. The molecule has 0 aliphatic rings. The van der Waals surface area contributed by atoms with Crippen molar-refractivity contribution in [2.24, 2.45) is 0 Å². The van der Waals surface area contributed by atoms with E-state index in [4.69, 9.17) is 0 Å². The molecule has 2 aromatic carbocycles. The third kappa shape index (κ3) is 4.32. The van der Waals surface area contributed by atoms with Gasteiger partial charge in [0, 0.05) is 11.1 Å². The van der Waals surface area contributed by atoms with E-state index >= 15 is 0 Å². The zero-order valence-electron chi connectivity index (χ0n) is 12.4. The van der Waals surface area contributed by atoms with Crippen LogP contribution < -0.4 is 10.1 Å². The number of benzene rings is 2. The summed E-state index contributed by atoms with van der Waals surface area (Å²) in [5.41, 5.74) is 0.924. The van der Waals surface area contributed by atoms with Crippen LogP contribution in [0, 0.1) is 5.82 Å². The number of hydrogen-bond acceptors (Lipinski definition) is 5. The second-order valence-electron chi connectivity index (χ2n) is 4.78. The zero-order valence-corrected chi connectivity index (χ0v) is 13.3. The summed E-state index contributed by atoms with van der Waals surface area (Å²) in [5.74, 6) is -0.842. The van der Waals surface area contributed by atoms with Gasteiger partial charge in [0.2, 0.25) is 5.13 Å². The Balaban J connectivity index is 1.69. The largest absolute Gasteiger partial charge is 0.435 e. The number of alkyl halides is 2. The minimum absolute atomic E-state index is 0.0353. The summed E-state index contributed by atoms with van der Waals surface area (Å²) in [4.78, 5) is 12.0. The number of ether oxygens (including phenoxy) is 1. The molecule has 5 nitrogen and oxygen atoms in total. The van der Waals surface area contributed by atoms with Crippen molar-refractivity contribution in [1.29, 1.82) is 0 Å². The van der Waals surface area contributed by atoms with E-state index in [1.165, 1.54) is 36.4 Å². The molecule has 128 valence electrons. The zero-order chi connectivity index (χ0) is 17.8. The van der Waals surface area contributed by atoms with Gasteiger partial charge in [0.25, 0.3) is 5.91 Å². The molecule has 0 spiro atoms. The van der Waals surface area contributed by atoms with Crippen molar-refractivity contribution in [3.05, 3.63) is 59.9 Å². The monoisotopic (exact) mass is 365 g/mol. The third-order valence-electron chi connectivity index (χ3n) is 3.08. The van der Waals surface area contributed by atoms with Crippen molar-refractivity contribution in [3.8, 4) is 16.3 Å². The van der Waals surface area contributed by atoms with Crippen molar-refractivity contribution in [2.45, 2.75) is 6.61 Å². The highest BCUT2D eigenvalue weighted by Gasteiger charge is 2.12. The minimum atomic E-state index is -2.89. The highest BCUT2D eigenvalue weighted by atomic mass is 32.1. The molecule has 1 heterocycles. The van der Waals surface area contributed by atoms with Crippen LogP contribution >= 0.6 is 11.3 Å². The van der Waals surface area contributed by atoms with Crippen molar-refractivity contribution < 1.29 is 22.7 Å². The van der Waals surface area contributed by atoms with Crippen LogP contribution in [0.4, 0.5) is 18.3 Å². The van der Waals surface area contributed by atoms with Crippen LogP contribution in [0.25, 0.3) is 10.6 Å². The second kappa shape index (κ2) is 7.31. The normalized spacial score (nSPS) is 10.7. The summed E-state index contributed by atoms with van der Waals surface area (Å²) >= 11 is 1.11. The number of nitrogens with zero attached hydrogens (tertiary/aromatic N) is 2.